The maximum Gasteiger partial charge on any atom is 0.262 e. The summed E-state index contributed by atoms with van der Waals surface area (Å²) in [5.74, 6) is 0.370. The lowest BCUT2D eigenvalue weighted by molar-refractivity contribution is -0.117. The summed E-state index contributed by atoms with van der Waals surface area (Å²) in [4.78, 5) is 12.7. The van der Waals surface area contributed by atoms with E-state index < -0.39 is 5.91 Å². The summed E-state index contributed by atoms with van der Waals surface area (Å²) in [7, 11) is 0. The zero-order chi connectivity index (χ0) is 23.9. The Kier molecular flexibility index (Phi) is 7.41. The van der Waals surface area contributed by atoms with Crippen LogP contribution in [0.1, 0.15) is 30.9 Å². The molecule has 4 rings (SSSR count). The molecule has 2 aromatic carbocycles. The van der Waals surface area contributed by atoms with E-state index in [1.165, 1.54) is 0 Å². The molecule has 1 atom stereocenters. The minimum absolute atomic E-state index is 0.00629. The molecular weight excluding hydrogens is 428 g/mol. The molecular formula is C27H28N4O3. The van der Waals surface area contributed by atoms with Crippen LogP contribution in [0.4, 0.5) is 0 Å². The summed E-state index contributed by atoms with van der Waals surface area (Å²) in [5.41, 5.74) is 4.16. The fourth-order valence-corrected chi connectivity index (χ4v) is 3.98. The van der Waals surface area contributed by atoms with Crippen LogP contribution in [0.15, 0.2) is 60.3 Å². The number of ether oxygens (including phenoxy) is 2. The van der Waals surface area contributed by atoms with Crippen molar-refractivity contribution in [3.05, 3.63) is 71.4 Å². The van der Waals surface area contributed by atoms with Gasteiger partial charge < -0.3 is 14.8 Å². The highest BCUT2D eigenvalue weighted by Crippen LogP contribution is 2.30. The van der Waals surface area contributed by atoms with Crippen molar-refractivity contribution in [3.8, 4) is 28.8 Å². The normalized spacial score (nSPS) is 15.7. The van der Waals surface area contributed by atoms with E-state index in [-0.39, 0.29) is 11.7 Å². The fraction of sp³-hybridized carbons (Fsp3) is 0.296. The third-order valence-corrected chi connectivity index (χ3v) is 5.71. The highest BCUT2D eigenvalue weighted by Gasteiger charge is 2.19. The summed E-state index contributed by atoms with van der Waals surface area (Å²) in [6.07, 6.45) is 5.35. The van der Waals surface area contributed by atoms with Crippen molar-refractivity contribution in [2.45, 2.75) is 32.8 Å². The van der Waals surface area contributed by atoms with Gasteiger partial charge in [0.05, 0.1) is 18.4 Å². The Labute approximate surface area is 199 Å². The highest BCUT2D eigenvalue weighted by molar-refractivity contribution is 6.02. The number of hydrogen-bond donors (Lipinski definition) is 1. The number of aryl methyl sites for hydroxylation is 1. The Balaban J connectivity index is 1.70. The van der Waals surface area contributed by atoms with Gasteiger partial charge in [-0.3, -0.25) is 4.79 Å². The maximum atomic E-state index is 12.7. The molecule has 1 aliphatic heterocycles. The molecule has 1 amide bonds. The molecule has 3 aromatic rings. The van der Waals surface area contributed by atoms with Crippen molar-refractivity contribution in [2.24, 2.45) is 0 Å². The van der Waals surface area contributed by atoms with E-state index in [2.05, 4.69) is 5.32 Å². The minimum Gasteiger partial charge on any atom is -0.494 e. The van der Waals surface area contributed by atoms with Crippen LogP contribution >= 0.6 is 0 Å². The SMILES string of the molecule is CCOc1ccc(-c2nn(-c3ccccc3)cc2/C=C(\C#N)C(=O)NC[C@H]2CCCO2)c(C)c1. The number of rotatable bonds is 8. The molecule has 0 bridgehead atoms. The number of benzene rings is 2. The number of hydrogen-bond acceptors (Lipinski definition) is 5. The summed E-state index contributed by atoms with van der Waals surface area (Å²) in [5, 5.41) is 17.4. The first kappa shape index (κ1) is 23.3. The van der Waals surface area contributed by atoms with Gasteiger partial charge in [0.1, 0.15) is 23.1 Å². The van der Waals surface area contributed by atoms with Crippen molar-refractivity contribution in [1.82, 2.24) is 15.1 Å². The van der Waals surface area contributed by atoms with Gasteiger partial charge in [0, 0.05) is 30.5 Å². The molecule has 0 spiro atoms. The molecule has 0 aliphatic carbocycles. The largest absolute Gasteiger partial charge is 0.494 e. The van der Waals surface area contributed by atoms with Crippen molar-refractivity contribution >= 4 is 12.0 Å². The summed E-state index contributed by atoms with van der Waals surface area (Å²) in [6.45, 7) is 5.63. The first-order valence-electron chi connectivity index (χ1n) is 11.5. The standard InChI is InChI=1S/C27H28N4O3/c1-3-33-23-11-12-25(19(2)14-23)26-21(18-31(30-26)22-8-5-4-6-9-22)15-20(16-28)27(32)29-17-24-10-7-13-34-24/h4-6,8-9,11-12,14-15,18,24H,3,7,10,13,17H2,1-2H3,(H,29,32)/b20-15+/t24-/m1/s1. The van der Waals surface area contributed by atoms with Crippen molar-refractivity contribution in [1.29, 1.82) is 5.26 Å². The third kappa shape index (κ3) is 5.36. The predicted octanol–water partition coefficient (Wildman–Crippen LogP) is 4.45. The van der Waals surface area contributed by atoms with E-state index in [4.69, 9.17) is 14.6 Å². The van der Waals surface area contributed by atoms with Gasteiger partial charge in [-0.25, -0.2) is 4.68 Å². The number of nitrogens with zero attached hydrogens (tertiary/aromatic N) is 3. The molecule has 1 fully saturated rings. The number of nitrogens with one attached hydrogen (secondary N) is 1. The molecule has 0 unspecified atom stereocenters. The predicted molar refractivity (Wildman–Crippen MR) is 130 cm³/mol. The smallest absolute Gasteiger partial charge is 0.262 e. The number of aromatic nitrogens is 2. The molecule has 7 nitrogen and oxygen atoms in total. The van der Waals surface area contributed by atoms with Crippen LogP contribution in [0.25, 0.3) is 23.0 Å². The Bertz CT molecular complexity index is 1220. The number of carbonyl (C=O) groups is 1. The van der Waals surface area contributed by atoms with E-state index in [0.717, 1.165) is 35.4 Å². The van der Waals surface area contributed by atoms with Crippen LogP contribution in [-0.2, 0) is 9.53 Å². The van der Waals surface area contributed by atoms with Crippen LogP contribution in [0, 0.1) is 18.3 Å². The van der Waals surface area contributed by atoms with Gasteiger partial charge in [-0.05, 0) is 68.7 Å². The van der Waals surface area contributed by atoms with Crippen LogP contribution < -0.4 is 10.1 Å². The minimum atomic E-state index is -0.417. The van der Waals surface area contributed by atoms with Gasteiger partial charge in [-0.1, -0.05) is 18.2 Å². The molecule has 7 heteroatoms. The second kappa shape index (κ2) is 10.8. The maximum absolute atomic E-state index is 12.7. The Morgan fingerprint density at radius 2 is 2.15 bits per heavy atom. The first-order valence-corrected chi connectivity index (χ1v) is 11.5. The van der Waals surface area contributed by atoms with E-state index in [1.54, 1.807) is 10.8 Å². The van der Waals surface area contributed by atoms with Crippen LogP contribution in [0.3, 0.4) is 0 Å². The molecule has 1 N–H and O–H groups in total. The van der Waals surface area contributed by atoms with Crippen LogP contribution in [0.2, 0.25) is 0 Å². The van der Waals surface area contributed by atoms with Gasteiger partial charge in [0.25, 0.3) is 5.91 Å². The quantitative estimate of drug-likeness (QED) is 0.400. The zero-order valence-corrected chi connectivity index (χ0v) is 19.5. The number of nitriles is 1. The fourth-order valence-electron chi connectivity index (χ4n) is 3.98. The Hall–Kier alpha value is -3.89. The lowest BCUT2D eigenvalue weighted by Gasteiger charge is -2.10. The third-order valence-electron chi connectivity index (χ3n) is 5.71. The van der Waals surface area contributed by atoms with E-state index in [9.17, 15) is 10.1 Å². The Morgan fingerprint density at radius 1 is 1.32 bits per heavy atom. The molecule has 34 heavy (non-hydrogen) atoms. The summed E-state index contributed by atoms with van der Waals surface area (Å²) < 4.78 is 12.9. The van der Waals surface area contributed by atoms with Gasteiger partial charge in [0.2, 0.25) is 0 Å². The average molecular weight is 457 g/mol. The molecule has 1 saturated heterocycles. The van der Waals surface area contributed by atoms with E-state index >= 15 is 0 Å². The summed E-state index contributed by atoms with van der Waals surface area (Å²) in [6, 6.07) is 17.6. The number of para-hydroxylation sites is 1. The molecule has 1 aromatic heterocycles. The van der Waals surface area contributed by atoms with Gasteiger partial charge in [-0.2, -0.15) is 10.4 Å². The van der Waals surface area contributed by atoms with Gasteiger partial charge in [-0.15, -0.1) is 0 Å². The second-order valence-corrected chi connectivity index (χ2v) is 8.14. The van der Waals surface area contributed by atoms with Crippen LogP contribution in [0.5, 0.6) is 5.75 Å². The molecule has 1 aliphatic rings. The lowest BCUT2D eigenvalue weighted by atomic mass is 10.0. The molecule has 0 saturated carbocycles. The van der Waals surface area contributed by atoms with Crippen LogP contribution in [-0.4, -0.2) is 41.6 Å². The average Bonchev–Trinajstić information content (AvgIpc) is 3.52. The highest BCUT2D eigenvalue weighted by atomic mass is 16.5. The number of amides is 1. The summed E-state index contributed by atoms with van der Waals surface area (Å²) >= 11 is 0. The topological polar surface area (TPSA) is 89.2 Å². The van der Waals surface area contributed by atoms with Crippen molar-refractivity contribution in [3.63, 3.8) is 0 Å². The lowest BCUT2D eigenvalue weighted by Crippen LogP contribution is -2.32. The van der Waals surface area contributed by atoms with Gasteiger partial charge in [0.15, 0.2) is 0 Å². The van der Waals surface area contributed by atoms with E-state index in [1.807, 2.05) is 74.6 Å². The van der Waals surface area contributed by atoms with Crippen molar-refractivity contribution in [2.75, 3.05) is 19.8 Å². The molecule has 174 valence electrons. The van der Waals surface area contributed by atoms with E-state index in [0.29, 0.717) is 31.0 Å². The second-order valence-electron chi connectivity index (χ2n) is 8.14. The zero-order valence-electron chi connectivity index (χ0n) is 19.5. The Morgan fingerprint density at radius 3 is 2.82 bits per heavy atom. The van der Waals surface area contributed by atoms with Crippen molar-refractivity contribution < 1.29 is 14.3 Å². The van der Waals surface area contributed by atoms with Gasteiger partial charge >= 0.3 is 0 Å². The number of carbonyl (C=O) groups excluding carboxylic acids is 1. The monoisotopic (exact) mass is 456 g/mol. The molecule has 0 radical (unpaired) electrons. The first-order chi connectivity index (χ1) is 16.6. The molecule has 2 heterocycles.